The summed E-state index contributed by atoms with van der Waals surface area (Å²) in [5.41, 5.74) is 4.96. The molecule has 2 heterocycles. The first-order valence-electron chi connectivity index (χ1n) is 7.24. The lowest BCUT2D eigenvalue weighted by atomic mass is 9.90. The van der Waals surface area contributed by atoms with Crippen molar-refractivity contribution in [2.45, 2.75) is 39.2 Å². The molecule has 1 aliphatic rings. The number of benzene rings is 1. The number of fused-ring (bicyclic) bond motifs is 1. The average Bonchev–Trinajstić information content (AvgIpc) is 2.39. The van der Waals surface area contributed by atoms with E-state index in [1.165, 1.54) is 22.4 Å². The van der Waals surface area contributed by atoms with E-state index in [0.29, 0.717) is 0 Å². The normalized spacial score (nSPS) is 16.4. The van der Waals surface area contributed by atoms with E-state index in [1.54, 1.807) is 0 Å². The largest absolute Gasteiger partial charge is 0.487 e. The van der Waals surface area contributed by atoms with Crippen LogP contribution < -0.4 is 9.30 Å². The minimum atomic E-state index is -0.0805. The van der Waals surface area contributed by atoms with Crippen LogP contribution in [0, 0.1) is 6.92 Å². The monoisotopic (exact) mass is 268 g/mol. The molecule has 0 unspecified atom stereocenters. The Balaban J connectivity index is 2.24. The summed E-state index contributed by atoms with van der Waals surface area (Å²) < 4.78 is 8.49. The van der Waals surface area contributed by atoms with Gasteiger partial charge in [-0.25, -0.2) is 4.57 Å². The predicted octanol–water partition coefficient (Wildman–Crippen LogP) is 3.59. The maximum atomic E-state index is 6.33. The predicted molar refractivity (Wildman–Crippen MR) is 80.8 cm³/mol. The van der Waals surface area contributed by atoms with Gasteiger partial charge < -0.3 is 4.74 Å². The Morgan fingerprint density at radius 1 is 1.15 bits per heavy atom. The molecule has 1 aliphatic heterocycles. The number of rotatable bonds is 1. The van der Waals surface area contributed by atoms with Gasteiger partial charge in [-0.05, 0) is 50.8 Å². The molecule has 104 valence electrons. The standard InChI is InChI=1S/C18H22NO/c1-13-8-9-14-10-11-18(2,3)20-17(14)16(13)15-7-5-6-12-19(15)4/h5-9,12H,10-11H2,1-4H3/q+1. The van der Waals surface area contributed by atoms with Gasteiger partial charge in [0.1, 0.15) is 18.4 Å². The first-order valence-corrected chi connectivity index (χ1v) is 7.24. The number of nitrogens with zero attached hydrogens (tertiary/aromatic N) is 1. The Morgan fingerprint density at radius 2 is 1.95 bits per heavy atom. The summed E-state index contributed by atoms with van der Waals surface area (Å²) in [6.07, 6.45) is 4.25. The molecule has 0 saturated heterocycles. The van der Waals surface area contributed by atoms with Gasteiger partial charge in [0.15, 0.2) is 6.20 Å². The lowest BCUT2D eigenvalue weighted by Gasteiger charge is -2.34. The van der Waals surface area contributed by atoms with Gasteiger partial charge in [0.2, 0.25) is 5.69 Å². The van der Waals surface area contributed by atoms with Crippen molar-refractivity contribution in [3.05, 3.63) is 47.7 Å². The second-order valence-electron chi connectivity index (χ2n) is 6.30. The summed E-state index contributed by atoms with van der Waals surface area (Å²) in [5, 5.41) is 0. The third kappa shape index (κ3) is 2.20. The molecule has 3 rings (SSSR count). The molecule has 2 aromatic rings. The zero-order chi connectivity index (χ0) is 14.3. The first-order chi connectivity index (χ1) is 9.48. The van der Waals surface area contributed by atoms with Crippen LogP contribution >= 0.6 is 0 Å². The molecular weight excluding hydrogens is 246 g/mol. The highest BCUT2D eigenvalue weighted by Crippen LogP contribution is 2.41. The van der Waals surface area contributed by atoms with Crippen molar-refractivity contribution < 1.29 is 9.30 Å². The van der Waals surface area contributed by atoms with E-state index in [0.717, 1.165) is 18.6 Å². The number of ether oxygens (including phenoxy) is 1. The van der Waals surface area contributed by atoms with E-state index >= 15 is 0 Å². The van der Waals surface area contributed by atoms with Crippen molar-refractivity contribution in [3.8, 4) is 17.0 Å². The first kappa shape index (κ1) is 13.2. The highest BCUT2D eigenvalue weighted by atomic mass is 16.5. The van der Waals surface area contributed by atoms with Crippen molar-refractivity contribution in [1.29, 1.82) is 0 Å². The molecule has 0 aliphatic carbocycles. The lowest BCUT2D eigenvalue weighted by Crippen LogP contribution is -2.34. The molecular formula is C18H22NO+. The quantitative estimate of drug-likeness (QED) is 0.720. The molecule has 0 radical (unpaired) electrons. The average molecular weight is 268 g/mol. The summed E-state index contributed by atoms with van der Waals surface area (Å²) in [6, 6.07) is 10.7. The molecule has 0 amide bonds. The van der Waals surface area contributed by atoms with Crippen LogP contribution in [0.2, 0.25) is 0 Å². The topological polar surface area (TPSA) is 13.1 Å². The highest BCUT2D eigenvalue weighted by molar-refractivity contribution is 5.71. The second kappa shape index (κ2) is 4.62. The summed E-state index contributed by atoms with van der Waals surface area (Å²) in [5.74, 6) is 1.07. The van der Waals surface area contributed by atoms with Crippen molar-refractivity contribution in [2.24, 2.45) is 7.05 Å². The van der Waals surface area contributed by atoms with E-state index in [1.807, 2.05) is 0 Å². The maximum Gasteiger partial charge on any atom is 0.216 e. The van der Waals surface area contributed by atoms with Crippen molar-refractivity contribution in [1.82, 2.24) is 0 Å². The Hall–Kier alpha value is -1.83. The minimum Gasteiger partial charge on any atom is -0.487 e. The van der Waals surface area contributed by atoms with Crippen LogP contribution in [0.1, 0.15) is 31.4 Å². The van der Waals surface area contributed by atoms with Crippen LogP contribution in [-0.2, 0) is 13.5 Å². The van der Waals surface area contributed by atoms with Crippen LogP contribution in [0.5, 0.6) is 5.75 Å². The third-order valence-corrected chi connectivity index (χ3v) is 4.13. The molecule has 0 spiro atoms. The number of hydrogen-bond donors (Lipinski definition) is 0. The third-order valence-electron chi connectivity index (χ3n) is 4.13. The van der Waals surface area contributed by atoms with Gasteiger partial charge in [0.25, 0.3) is 0 Å². The SMILES string of the molecule is Cc1ccc2c(c1-c1cccc[n+]1C)OC(C)(C)CC2. The van der Waals surface area contributed by atoms with Crippen LogP contribution in [-0.4, -0.2) is 5.60 Å². The Bertz CT molecular complexity index is 658. The minimum absolute atomic E-state index is 0.0805. The Kier molecular flexibility index (Phi) is 3.04. The Labute approximate surface area is 121 Å². The summed E-state index contributed by atoms with van der Waals surface area (Å²) in [6.45, 7) is 6.51. The molecule has 0 N–H and O–H groups in total. The van der Waals surface area contributed by atoms with Crippen molar-refractivity contribution in [2.75, 3.05) is 0 Å². The molecule has 20 heavy (non-hydrogen) atoms. The maximum absolute atomic E-state index is 6.33. The molecule has 0 saturated carbocycles. The number of hydrogen-bond acceptors (Lipinski definition) is 1. The number of aromatic nitrogens is 1. The fourth-order valence-electron chi connectivity index (χ4n) is 2.90. The Morgan fingerprint density at radius 3 is 2.70 bits per heavy atom. The van der Waals surface area contributed by atoms with Crippen LogP contribution in [0.3, 0.4) is 0 Å². The van der Waals surface area contributed by atoms with Gasteiger partial charge in [-0.2, -0.15) is 0 Å². The summed E-state index contributed by atoms with van der Waals surface area (Å²) in [7, 11) is 2.09. The van der Waals surface area contributed by atoms with Crippen molar-refractivity contribution >= 4 is 0 Å². The molecule has 0 fully saturated rings. The van der Waals surface area contributed by atoms with Gasteiger partial charge >= 0.3 is 0 Å². The van der Waals surface area contributed by atoms with Crippen LogP contribution in [0.25, 0.3) is 11.3 Å². The second-order valence-corrected chi connectivity index (χ2v) is 6.30. The van der Waals surface area contributed by atoms with Crippen LogP contribution in [0.4, 0.5) is 0 Å². The lowest BCUT2D eigenvalue weighted by molar-refractivity contribution is -0.660. The van der Waals surface area contributed by atoms with E-state index in [4.69, 9.17) is 4.74 Å². The van der Waals surface area contributed by atoms with E-state index in [2.05, 4.69) is 68.9 Å². The highest BCUT2D eigenvalue weighted by Gasteiger charge is 2.31. The summed E-state index contributed by atoms with van der Waals surface area (Å²) in [4.78, 5) is 0. The molecule has 1 aromatic carbocycles. The fraction of sp³-hybridized carbons (Fsp3) is 0.389. The van der Waals surface area contributed by atoms with Crippen molar-refractivity contribution in [3.63, 3.8) is 0 Å². The zero-order valence-corrected chi connectivity index (χ0v) is 12.7. The molecule has 0 atom stereocenters. The molecule has 2 nitrogen and oxygen atoms in total. The van der Waals surface area contributed by atoms with Gasteiger partial charge in [0.05, 0.1) is 5.56 Å². The van der Waals surface area contributed by atoms with E-state index in [-0.39, 0.29) is 5.60 Å². The smallest absolute Gasteiger partial charge is 0.216 e. The van der Waals surface area contributed by atoms with E-state index < -0.39 is 0 Å². The zero-order valence-electron chi connectivity index (χ0n) is 12.7. The van der Waals surface area contributed by atoms with Gasteiger partial charge in [0, 0.05) is 12.1 Å². The fourth-order valence-corrected chi connectivity index (χ4v) is 2.90. The summed E-state index contributed by atoms with van der Waals surface area (Å²) >= 11 is 0. The van der Waals surface area contributed by atoms with Gasteiger partial charge in [-0.3, -0.25) is 0 Å². The number of pyridine rings is 1. The molecule has 0 bridgehead atoms. The molecule has 2 heteroatoms. The molecule has 1 aromatic heterocycles. The number of aryl methyl sites for hydroxylation is 3. The van der Waals surface area contributed by atoms with Crippen LogP contribution in [0.15, 0.2) is 36.5 Å². The van der Waals surface area contributed by atoms with Gasteiger partial charge in [-0.15, -0.1) is 0 Å². The van der Waals surface area contributed by atoms with Gasteiger partial charge in [-0.1, -0.05) is 12.1 Å². The van der Waals surface area contributed by atoms with E-state index in [9.17, 15) is 0 Å².